The molecule has 0 spiro atoms. The molecule has 0 radical (unpaired) electrons. The summed E-state index contributed by atoms with van der Waals surface area (Å²) < 4.78 is 24.4. The van der Waals surface area contributed by atoms with Crippen LogP contribution in [-0.2, 0) is 16.1 Å². The third kappa shape index (κ3) is 3.27. The molecule has 0 amide bonds. The normalized spacial score (nSPS) is 19.1. The minimum atomic E-state index is -0.384. The number of rotatable bonds is 5. The van der Waals surface area contributed by atoms with Crippen molar-refractivity contribution in [3.05, 3.63) is 35.1 Å². The van der Waals surface area contributed by atoms with Gasteiger partial charge < -0.3 is 15.2 Å². The third-order valence-electron chi connectivity index (χ3n) is 3.00. The van der Waals surface area contributed by atoms with E-state index in [0.717, 1.165) is 19.6 Å². The molecule has 1 saturated heterocycles. The second-order valence-electron chi connectivity index (χ2n) is 4.46. The fourth-order valence-electron chi connectivity index (χ4n) is 1.88. The topological polar surface area (TPSA) is 68.3 Å². The predicted molar refractivity (Wildman–Crippen MR) is 66.0 cm³/mol. The first kappa shape index (κ1) is 13.0. The number of nitrogen functional groups attached to an aromatic ring is 1. The number of hydrogen-bond acceptors (Lipinski definition) is 3. The Bertz CT molecular complexity index is 431. The number of halogens is 1. The summed E-state index contributed by atoms with van der Waals surface area (Å²) in [7, 11) is 0. The van der Waals surface area contributed by atoms with Gasteiger partial charge in [0.2, 0.25) is 0 Å². The largest absolute Gasteiger partial charge is 0.384 e. The van der Waals surface area contributed by atoms with Gasteiger partial charge in [0.1, 0.15) is 11.7 Å². The van der Waals surface area contributed by atoms with Crippen molar-refractivity contribution in [1.82, 2.24) is 0 Å². The standard InChI is InChI=1S/C13H17FN2O2/c14-12-5-10(13(15)16)1-2-11(12)8-18-7-9-3-4-17-6-9/h1-2,5,9H,3-4,6-8H2,(H3,15,16). The van der Waals surface area contributed by atoms with Gasteiger partial charge in [0.25, 0.3) is 0 Å². The van der Waals surface area contributed by atoms with Crippen molar-refractivity contribution in [3.63, 3.8) is 0 Å². The average Bonchev–Trinajstić information content (AvgIpc) is 2.84. The van der Waals surface area contributed by atoms with E-state index in [4.69, 9.17) is 20.6 Å². The minimum Gasteiger partial charge on any atom is -0.384 e. The zero-order chi connectivity index (χ0) is 13.0. The Morgan fingerprint density at radius 1 is 1.56 bits per heavy atom. The van der Waals surface area contributed by atoms with E-state index < -0.39 is 0 Å². The first-order valence-electron chi connectivity index (χ1n) is 5.95. The highest BCUT2D eigenvalue weighted by Crippen LogP contribution is 2.15. The van der Waals surface area contributed by atoms with Crippen LogP contribution in [0.4, 0.5) is 4.39 Å². The Kier molecular flexibility index (Phi) is 4.28. The molecule has 1 aliphatic rings. The first-order valence-corrected chi connectivity index (χ1v) is 5.95. The van der Waals surface area contributed by atoms with E-state index in [1.54, 1.807) is 12.1 Å². The summed E-state index contributed by atoms with van der Waals surface area (Å²) in [6, 6.07) is 4.50. The molecule has 1 heterocycles. The van der Waals surface area contributed by atoms with Gasteiger partial charge in [-0.1, -0.05) is 12.1 Å². The zero-order valence-corrected chi connectivity index (χ0v) is 10.1. The molecule has 0 aliphatic carbocycles. The molecule has 1 aliphatic heterocycles. The highest BCUT2D eigenvalue weighted by atomic mass is 19.1. The van der Waals surface area contributed by atoms with E-state index in [-0.39, 0.29) is 18.3 Å². The molecule has 1 aromatic rings. The number of nitrogens with one attached hydrogen (secondary N) is 1. The van der Waals surface area contributed by atoms with Gasteiger partial charge in [0, 0.05) is 23.7 Å². The van der Waals surface area contributed by atoms with Crippen LogP contribution in [0.3, 0.4) is 0 Å². The maximum absolute atomic E-state index is 13.7. The molecule has 3 N–H and O–H groups in total. The number of benzene rings is 1. The molecule has 1 aromatic carbocycles. The van der Waals surface area contributed by atoms with Gasteiger partial charge in [-0.05, 0) is 12.5 Å². The summed E-state index contributed by atoms with van der Waals surface area (Å²) in [4.78, 5) is 0. The van der Waals surface area contributed by atoms with Crippen LogP contribution in [0.25, 0.3) is 0 Å². The molecule has 2 rings (SSSR count). The van der Waals surface area contributed by atoms with Crippen molar-refractivity contribution < 1.29 is 13.9 Å². The Hall–Kier alpha value is -1.46. The highest BCUT2D eigenvalue weighted by Gasteiger charge is 2.15. The van der Waals surface area contributed by atoms with Crippen LogP contribution in [0.1, 0.15) is 17.5 Å². The summed E-state index contributed by atoms with van der Waals surface area (Å²) in [5.74, 6) is -0.0978. The number of ether oxygens (including phenoxy) is 2. The van der Waals surface area contributed by atoms with Crippen LogP contribution in [-0.4, -0.2) is 25.7 Å². The van der Waals surface area contributed by atoms with E-state index in [1.807, 2.05) is 0 Å². The lowest BCUT2D eigenvalue weighted by Crippen LogP contribution is -2.12. The molecule has 0 bridgehead atoms. The van der Waals surface area contributed by atoms with E-state index in [1.165, 1.54) is 6.07 Å². The van der Waals surface area contributed by atoms with E-state index in [2.05, 4.69) is 0 Å². The molecule has 18 heavy (non-hydrogen) atoms. The van der Waals surface area contributed by atoms with Crippen LogP contribution < -0.4 is 5.73 Å². The maximum atomic E-state index is 13.7. The maximum Gasteiger partial charge on any atom is 0.129 e. The number of hydrogen-bond donors (Lipinski definition) is 2. The van der Waals surface area contributed by atoms with Gasteiger partial charge in [-0.25, -0.2) is 4.39 Å². The number of nitrogens with two attached hydrogens (primary N) is 1. The molecule has 1 unspecified atom stereocenters. The van der Waals surface area contributed by atoms with Crippen molar-refractivity contribution in [2.75, 3.05) is 19.8 Å². The van der Waals surface area contributed by atoms with Crippen molar-refractivity contribution in [2.24, 2.45) is 11.7 Å². The summed E-state index contributed by atoms with van der Waals surface area (Å²) in [5, 5.41) is 7.22. The molecule has 98 valence electrons. The van der Waals surface area contributed by atoms with Gasteiger partial charge in [-0.2, -0.15) is 0 Å². The second-order valence-corrected chi connectivity index (χ2v) is 4.46. The molecule has 0 aromatic heterocycles. The van der Waals surface area contributed by atoms with Crippen molar-refractivity contribution in [1.29, 1.82) is 5.41 Å². The van der Waals surface area contributed by atoms with E-state index >= 15 is 0 Å². The van der Waals surface area contributed by atoms with Crippen LogP contribution in [0.2, 0.25) is 0 Å². The summed E-state index contributed by atoms with van der Waals surface area (Å²) in [5.41, 5.74) is 6.16. The lowest BCUT2D eigenvalue weighted by molar-refractivity contribution is 0.0775. The smallest absolute Gasteiger partial charge is 0.129 e. The average molecular weight is 252 g/mol. The summed E-state index contributed by atoms with van der Waals surface area (Å²) >= 11 is 0. The Balaban J connectivity index is 1.87. The minimum absolute atomic E-state index is 0.135. The SMILES string of the molecule is N=C(N)c1ccc(COCC2CCOC2)c(F)c1. The summed E-state index contributed by atoms with van der Waals surface area (Å²) in [6.45, 7) is 2.34. The molecular formula is C13H17FN2O2. The predicted octanol–water partition coefficient (Wildman–Crippen LogP) is 1.66. The van der Waals surface area contributed by atoms with Crippen LogP contribution in [0, 0.1) is 17.1 Å². The fourth-order valence-corrected chi connectivity index (χ4v) is 1.88. The molecule has 4 nitrogen and oxygen atoms in total. The zero-order valence-electron chi connectivity index (χ0n) is 10.1. The fraction of sp³-hybridized carbons (Fsp3) is 0.462. The molecular weight excluding hydrogens is 235 g/mol. The lowest BCUT2D eigenvalue weighted by atomic mass is 10.1. The lowest BCUT2D eigenvalue weighted by Gasteiger charge is -2.10. The summed E-state index contributed by atoms with van der Waals surface area (Å²) in [6.07, 6.45) is 1.01. The van der Waals surface area contributed by atoms with Crippen molar-refractivity contribution in [2.45, 2.75) is 13.0 Å². The quantitative estimate of drug-likeness (QED) is 0.618. The monoisotopic (exact) mass is 252 g/mol. The van der Waals surface area contributed by atoms with Crippen LogP contribution >= 0.6 is 0 Å². The van der Waals surface area contributed by atoms with Gasteiger partial charge in [-0.15, -0.1) is 0 Å². The Morgan fingerprint density at radius 2 is 2.39 bits per heavy atom. The van der Waals surface area contributed by atoms with Gasteiger partial charge in [0.15, 0.2) is 0 Å². The molecule has 1 atom stereocenters. The first-order chi connectivity index (χ1) is 8.66. The molecule has 0 saturated carbocycles. The van der Waals surface area contributed by atoms with Gasteiger partial charge in [0.05, 0.1) is 19.8 Å². The molecule has 1 fully saturated rings. The van der Waals surface area contributed by atoms with Crippen molar-refractivity contribution >= 4 is 5.84 Å². The van der Waals surface area contributed by atoms with Gasteiger partial charge in [-0.3, -0.25) is 5.41 Å². The molecule has 5 heteroatoms. The van der Waals surface area contributed by atoms with Crippen LogP contribution in [0.15, 0.2) is 18.2 Å². The highest BCUT2D eigenvalue weighted by molar-refractivity contribution is 5.94. The number of amidine groups is 1. The Labute approximate surface area is 105 Å². The van der Waals surface area contributed by atoms with Crippen molar-refractivity contribution in [3.8, 4) is 0 Å². The van der Waals surface area contributed by atoms with Crippen LogP contribution in [0.5, 0.6) is 0 Å². The second kappa shape index (κ2) is 5.93. The Morgan fingerprint density at radius 3 is 3.00 bits per heavy atom. The van der Waals surface area contributed by atoms with E-state index in [9.17, 15) is 4.39 Å². The van der Waals surface area contributed by atoms with E-state index in [0.29, 0.717) is 23.7 Å². The third-order valence-corrected chi connectivity index (χ3v) is 3.00. The van der Waals surface area contributed by atoms with Gasteiger partial charge >= 0.3 is 0 Å².